The standard InChI is InChI=1S/C18H25N3O.ClH/c1-20(16-10-14-6-7-15(11-16)19-14)12-18(22)21-9-8-13-4-2-3-5-17(13)21;/h2-5,14-16,19H,6-12H2,1H3;1H. The molecule has 126 valence electrons. The monoisotopic (exact) mass is 335 g/mol. The molecule has 4 rings (SSSR count). The maximum Gasteiger partial charge on any atom is 0.241 e. The Morgan fingerprint density at radius 3 is 2.70 bits per heavy atom. The Labute approximate surface area is 144 Å². The van der Waals surface area contributed by atoms with Crippen molar-refractivity contribution < 1.29 is 4.79 Å². The summed E-state index contributed by atoms with van der Waals surface area (Å²) >= 11 is 0. The van der Waals surface area contributed by atoms with E-state index in [1.807, 2.05) is 11.0 Å². The second-order valence-corrected chi connectivity index (χ2v) is 7.10. The van der Waals surface area contributed by atoms with Crippen LogP contribution >= 0.6 is 12.4 Å². The van der Waals surface area contributed by atoms with Gasteiger partial charge in [0.2, 0.25) is 5.91 Å². The average molecular weight is 336 g/mol. The van der Waals surface area contributed by atoms with E-state index in [1.165, 1.54) is 31.2 Å². The molecule has 3 aliphatic rings. The van der Waals surface area contributed by atoms with Crippen molar-refractivity contribution in [2.45, 2.75) is 50.2 Å². The Morgan fingerprint density at radius 1 is 1.26 bits per heavy atom. The van der Waals surface area contributed by atoms with Crippen LogP contribution in [0, 0.1) is 0 Å². The number of nitrogens with one attached hydrogen (secondary N) is 1. The van der Waals surface area contributed by atoms with Gasteiger partial charge in [-0.1, -0.05) is 18.2 Å². The summed E-state index contributed by atoms with van der Waals surface area (Å²) in [4.78, 5) is 17.0. The number of fused-ring (bicyclic) bond motifs is 3. The smallest absolute Gasteiger partial charge is 0.241 e. The van der Waals surface area contributed by atoms with E-state index in [0.717, 1.165) is 18.7 Å². The van der Waals surface area contributed by atoms with Crippen molar-refractivity contribution in [3.8, 4) is 0 Å². The summed E-state index contributed by atoms with van der Waals surface area (Å²) in [5.41, 5.74) is 2.42. The highest BCUT2D eigenvalue weighted by atomic mass is 35.5. The van der Waals surface area contributed by atoms with Crippen molar-refractivity contribution in [1.29, 1.82) is 0 Å². The highest BCUT2D eigenvalue weighted by Crippen LogP contribution is 2.30. The van der Waals surface area contributed by atoms with Crippen molar-refractivity contribution in [2.24, 2.45) is 0 Å². The first-order chi connectivity index (χ1) is 10.7. The summed E-state index contributed by atoms with van der Waals surface area (Å²) < 4.78 is 0. The van der Waals surface area contributed by atoms with Gasteiger partial charge in [-0.15, -0.1) is 12.4 Å². The quantitative estimate of drug-likeness (QED) is 0.920. The normalized spacial score (nSPS) is 28.6. The lowest BCUT2D eigenvalue weighted by Crippen LogP contribution is -2.49. The Bertz CT molecular complexity index is 567. The van der Waals surface area contributed by atoms with E-state index in [0.29, 0.717) is 24.7 Å². The Kier molecular flexibility index (Phi) is 4.95. The number of carbonyl (C=O) groups excluding carboxylic acids is 1. The molecule has 0 aliphatic carbocycles. The molecular weight excluding hydrogens is 310 g/mol. The fraction of sp³-hybridized carbons (Fsp3) is 0.611. The van der Waals surface area contributed by atoms with Crippen LogP contribution in [-0.2, 0) is 11.2 Å². The average Bonchev–Trinajstić information content (AvgIpc) is 3.10. The molecule has 2 unspecified atom stereocenters. The number of benzene rings is 1. The highest BCUT2D eigenvalue weighted by Gasteiger charge is 2.36. The molecule has 4 nitrogen and oxygen atoms in total. The van der Waals surface area contributed by atoms with Crippen LogP contribution < -0.4 is 10.2 Å². The topological polar surface area (TPSA) is 35.6 Å². The molecular formula is C18H26ClN3O. The predicted molar refractivity (Wildman–Crippen MR) is 95.3 cm³/mol. The van der Waals surface area contributed by atoms with Gasteiger partial charge in [0, 0.05) is 30.4 Å². The zero-order valence-electron chi connectivity index (χ0n) is 13.7. The summed E-state index contributed by atoms with van der Waals surface area (Å²) in [7, 11) is 2.12. The van der Waals surface area contributed by atoms with Crippen LogP contribution in [0.5, 0.6) is 0 Å². The van der Waals surface area contributed by atoms with Gasteiger partial charge in [-0.05, 0) is 50.8 Å². The second kappa shape index (κ2) is 6.80. The van der Waals surface area contributed by atoms with Gasteiger partial charge in [0.25, 0.3) is 0 Å². The maximum absolute atomic E-state index is 12.7. The number of amides is 1. The van der Waals surface area contributed by atoms with Crippen LogP contribution in [0.4, 0.5) is 5.69 Å². The third kappa shape index (κ3) is 3.25. The molecule has 1 N–H and O–H groups in total. The number of para-hydroxylation sites is 1. The zero-order valence-corrected chi connectivity index (χ0v) is 14.5. The van der Waals surface area contributed by atoms with Gasteiger partial charge in [0.15, 0.2) is 0 Å². The Morgan fingerprint density at radius 2 is 1.96 bits per heavy atom. The second-order valence-electron chi connectivity index (χ2n) is 7.10. The fourth-order valence-corrected chi connectivity index (χ4v) is 4.41. The molecule has 3 heterocycles. The molecule has 2 fully saturated rings. The van der Waals surface area contributed by atoms with Crippen LogP contribution in [0.3, 0.4) is 0 Å². The minimum Gasteiger partial charge on any atom is -0.311 e. The van der Waals surface area contributed by atoms with E-state index < -0.39 is 0 Å². The van der Waals surface area contributed by atoms with Gasteiger partial charge < -0.3 is 10.2 Å². The lowest BCUT2D eigenvalue weighted by Gasteiger charge is -2.35. The molecule has 0 spiro atoms. The number of carbonyl (C=O) groups is 1. The Hall–Kier alpha value is -1.10. The van der Waals surface area contributed by atoms with E-state index >= 15 is 0 Å². The van der Waals surface area contributed by atoms with E-state index in [2.05, 4.69) is 35.5 Å². The molecule has 1 aromatic rings. The first-order valence-corrected chi connectivity index (χ1v) is 8.55. The van der Waals surface area contributed by atoms with E-state index in [1.54, 1.807) is 0 Å². The lowest BCUT2D eigenvalue weighted by molar-refractivity contribution is -0.120. The molecule has 2 atom stereocenters. The molecule has 3 aliphatic heterocycles. The predicted octanol–water partition coefficient (Wildman–Crippen LogP) is 2.21. The Balaban J connectivity index is 0.00000156. The number of anilines is 1. The summed E-state index contributed by atoms with van der Waals surface area (Å²) in [6, 6.07) is 10.2. The van der Waals surface area contributed by atoms with Crippen molar-refractivity contribution >= 4 is 24.0 Å². The third-order valence-electron chi connectivity index (χ3n) is 5.64. The molecule has 0 radical (unpaired) electrons. The largest absolute Gasteiger partial charge is 0.311 e. The fourth-order valence-electron chi connectivity index (χ4n) is 4.41. The SMILES string of the molecule is CN(CC(=O)N1CCc2ccccc21)C1CC2CCC(C1)N2.Cl. The van der Waals surface area contributed by atoms with Crippen molar-refractivity contribution in [3.63, 3.8) is 0 Å². The van der Waals surface area contributed by atoms with Gasteiger partial charge in [-0.3, -0.25) is 9.69 Å². The van der Waals surface area contributed by atoms with Crippen LogP contribution in [0.1, 0.15) is 31.2 Å². The molecule has 2 bridgehead atoms. The molecule has 0 aromatic heterocycles. The number of nitrogens with zero attached hydrogens (tertiary/aromatic N) is 2. The molecule has 23 heavy (non-hydrogen) atoms. The minimum absolute atomic E-state index is 0. The molecule has 2 saturated heterocycles. The third-order valence-corrected chi connectivity index (χ3v) is 5.64. The van der Waals surface area contributed by atoms with Crippen LogP contribution in [-0.4, -0.2) is 49.1 Å². The number of hydrogen-bond acceptors (Lipinski definition) is 3. The van der Waals surface area contributed by atoms with Gasteiger partial charge in [-0.2, -0.15) is 0 Å². The first-order valence-electron chi connectivity index (χ1n) is 8.55. The first kappa shape index (κ1) is 16.7. The number of likely N-dealkylation sites (N-methyl/N-ethyl adjacent to an activating group) is 1. The van der Waals surface area contributed by atoms with Gasteiger partial charge in [0.05, 0.1) is 6.54 Å². The van der Waals surface area contributed by atoms with Crippen LogP contribution in [0.15, 0.2) is 24.3 Å². The molecule has 5 heteroatoms. The summed E-state index contributed by atoms with van der Waals surface area (Å²) in [6.07, 6.45) is 5.99. The molecule has 1 amide bonds. The highest BCUT2D eigenvalue weighted by molar-refractivity contribution is 5.96. The number of halogens is 1. The number of rotatable bonds is 3. The number of piperidine rings is 1. The van der Waals surface area contributed by atoms with Crippen LogP contribution in [0.2, 0.25) is 0 Å². The van der Waals surface area contributed by atoms with Gasteiger partial charge in [-0.25, -0.2) is 0 Å². The van der Waals surface area contributed by atoms with Gasteiger partial charge >= 0.3 is 0 Å². The van der Waals surface area contributed by atoms with Crippen molar-refractivity contribution in [2.75, 3.05) is 25.0 Å². The van der Waals surface area contributed by atoms with Crippen LogP contribution in [0.25, 0.3) is 0 Å². The zero-order chi connectivity index (χ0) is 15.1. The van der Waals surface area contributed by atoms with E-state index in [-0.39, 0.29) is 18.3 Å². The summed E-state index contributed by atoms with van der Waals surface area (Å²) in [6.45, 7) is 1.38. The summed E-state index contributed by atoms with van der Waals surface area (Å²) in [5.74, 6) is 0.248. The maximum atomic E-state index is 12.7. The minimum atomic E-state index is 0. The lowest BCUT2D eigenvalue weighted by atomic mass is 9.98. The molecule has 0 saturated carbocycles. The number of hydrogen-bond donors (Lipinski definition) is 1. The van der Waals surface area contributed by atoms with Crippen molar-refractivity contribution in [1.82, 2.24) is 10.2 Å². The molecule has 1 aromatic carbocycles. The van der Waals surface area contributed by atoms with Gasteiger partial charge in [0.1, 0.15) is 0 Å². The van der Waals surface area contributed by atoms with E-state index in [4.69, 9.17) is 0 Å². The van der Waals surface area contributed by atoms with Crippen molar-refractivity contribution in [3.05, 3.63) is 29.8 Å². The summed E-state index contributed by atoms with van der Waals surface area (Å²) in [5, 5.41) is 3.67. The van der Waals surface area contributed by atoms with E-state index in [9.17, 15) is 4.79 Å².